The Hall–Kier alpha value is -1.53. The number of hydrogen-bond acceptors (Lipinski definition) is 5. The predicted octanol–water partition coefficient (Wildman–Crippen LogP) is 0.966. The Labute approximate surface area is 120 Å². The monoisotopic (exact) mass is 293 g/mol. The van der Waals surface area contributed by atoms with Gasteiger partial charge in [0.05, 0.1) is 0 Å². The van der Waals surface area contributed by atoms with Gasteiger partial charge in [0.25, 0.3) is 5.91 Å². The average molecular weight is 293 g/mol. The van der Waals surface area contributed by atoms with Crippen LogP contribution in [-0.4, -0.2) is 46.0 Å². The van der Waals surface area contributed by atoms with Gasteiger partial charge in [-0.05, 0) is 13.0 Å². The van der Waals surface area contributed by atoms with Crippen LogP contribution in [0.2, 0.25) is 0 Å². The van der Waals surface area contributed by atoms with E-state index in [1.54, 1.807) is 31.2 Å². The summed E-state index contributed by atoms with van der Waals surface area (Å²) in [6, 6.07) is 6.15. The molecule has 2 heterocycles. The minimum atomic E-state index is -1.44. The molecule has 1 amide bonds. The van der Waals surface area contributed by atoms with E-state index in [-0.39, 0.29) is 5.91 Å². The first-order chi connectivity index (χ1) is 9.55. The molecule has 20 heavy (non-hydrogen) atoms. The summed E-state index contributed by atoms with van der Waals surface area (Å²) in [4.78, 5) is 25.7. The lowest BCUT2D eigenvalue weighted by atomic mass is 10.0. The Bertz CT molecular complexity index is 576. The molecule has 0 bridgehead atoms. The number of rotatable bonds is 0. The van der Waals surface area contributed by atoms with Crippen LogP contribution >= 0.6 is 11.8 Å². The van der Waals surface area contributed by atoms with Crippen molar-refractivity contribution < 1.29 is 19.4 Å². The summed E-state index contributed by atoms with van der Waals surface area (Å²) in [5.41, 5.74) is -0.420. The third-order valence-corrected chi connectivity index (χ3v) is 4.77. The number of carbonyl (C=O) groups is 2. The highest BCUT2D eigenvalue weighted by Crippen LogP contribution is 2.41. The second kappa shape index (κ2) is 4.79. The minimum Gasteiger partial charge on any atom is -0.463 e. The van der Waals surface area contributed by atoms with Gasteiger partial charge in [-0.3, -0.25) is 9.69 Å². The lowest BCUT2D eigenvalue weighted by Gasteiger charge is -2.36. The highest BCUT2D eigenvalue weighted by atomic mass is 32.2. The van der Waals surface area contributed by atoms with E-state index >= 15 is 0 Å². The van der Waals surface area contributed by atoms with Crippen LogP contribution in [0.1, 0.15) is 22.8 Å². The Balaban J connectivity index is 2.13. The molecule has 1 aromatic carbocycles. The zero-order valence-electron chi connectivity index (χ0n) is 11.0. The van der Waals surface area contributed by atoms with Gasteiger partial charge in [-0.1, -0.05) is 18.2 Å². The Morgan fingerprint density at radius 2 is 2.15 bits per heavy atom. The van der Waals surface area contributed by atoms with Crippen molar-refractivity contribution in [2.45, 2.75) is 18.7 Å². The van der Waals surface area contributed by atoms with Crippen LogP contribution in [0.4, 0.5) is 0 Å². The number of esters is 1. The van der Waals surface area contributed by atoms with Gasteiger partial charge >= 0.3 is 5.97 Å². The molecule has 3 rings (SSSR count). The molecule has 0 aliphatic carbocycles. The van der Waals surface area contributed by atoms with E-state index < -0.39 is 17.7 Å². The summed E-state index contributed by atoms with van der Waals surface area (Å²) < 4.78 is 5.11. The van der Waals surface area contributed by atoms with Crippen LogP contribution < -0.4 is 0 Å². The van der Waals surface area contributed by atoms with Gasteiger partial charge in [-0.25, -0.2) is 4.79 Å². The zero-order valence-corrected chi connectivity index (χ0v) is 11.9. The molecule has 5 nitrogen and oxygen atoms in total. The molecule has 0 aromatic heterocycles. The number of benzene rings is 1. The van der Waals surface area contributed by atoms with E-state index in [0.717, 1.165) is 0 Å². The number of cyclic esters (lactones) is 1. The molecular formula is C14H15NO4S. The fraction of sp³-hybridized carbons (Fsp3) is 0.429. The van der Waals surface area contributed by atoms with Crippen LogP contribution in [0.15, 0.2) is 24.3 Å². The molecule has 106 valence electrons. The number of amides is 1. The molecule has 2 atom stereocenters. The summed E-state index contributed by atoms with van der Waals surface area (Å²) in [6.45, 7) is 1.89. The smallest absolute Gasteiger partial charge is 0.328 e. The lowest BCUT2D eigenvalue weighted by molar-refractivity contribution is -0.156. The van der Waals surface area contributed by atoms with E-state index in [2.05, 4.69) is 0 Å². The van der Waals surface area contributed by atoms with E-state index in [9.17, 15) is 14.7 Å². The zero-order chi connectivity index (χ0) is 14.3. The van der Waals surface area contributed by atoms with Gasteiger partial charge in [0.2, 0.25) is 0 Å². The second-order valence-electron chi connectivity index (χ2n) is 4.93. The second-order valence-corrected chi connectivity index (χ2v) is 6.04. The summed E-state index contributed by atoms with van der Waals surface area (Å²) in [7, 11) is 0. The third-order valence-electron chi connectivity index (χ3n) is 3.71. The van der Waals surface area contributed by atoms with E-state index in [1.807, 2.05) is 0 Å². The van der Waals surface area contributed by atoms with Gasteiger partial charge in [0, 0.05) is 22.6 Å². The largest absolute Gasteiger partial charge is 0.463 e. The van der Waals surface area contributed by atoms with Gasteiger partial charge < -0.3 is 9.84 Å². The molecule has 2 aliphatic heterocycles. The number of carbonyl (C=O) groups excluding carboxylic acids is 2. The quantitative estimate of drug-likeness (QED) is 0.722. The maximum atomic E-state index is 12.5. The number of nitrogens with zero attached hydrogens (tertiary/aromatic N) is 1. The summed E-state index contributed by atoms with van der Waals surface area (Å²) >= 11 is 1.47. The average Bonchev–Trinajstić information content (AvgIpc) is 2.69. The van der Waals surface area contributed by atoms with Crippen molar-refractivity contribution in [2.75, 3.05) is 18.1 Å². The predicted molar refractivity (Wildman–Crippen MR) is 74.3 cm³/mol. The van der Waals surface area contributed by atoms with Gasteiger partial charge in [-0.15, -0.1) is 0 Å². The van der Waals surface area contributed by atoms with Crippen molar-refractivity contribution in [1.29, 1.82) is 0 Å². The maximum absolute atomic E-state index is 12.5. The standard InChI is InChI=1S/C14H15NO4S/c1-9-13(17)19-6-7-20-8-14(18)11-5-3-2-4-10(11)12(16)15(9)14/h2-5,9,18H,6-8H2,1H3/t9-,14-/m0/s1. The molecule has 0 saturated carbocycles. The fourth-order valence-electron chi connectivity index (χ4n) is 2.73. The minimum absolute atomic E-state index is 0.299. The van der Waals surface area contributed by atoms with Gasteiger partial charge in [0.15, 0.2) is 5.72 Å². The van der Waals surface area contributed by atoms with Crippen molar-refractivity contribution in [1.82, 2.24) is 4.90 Å². The van der Waals surface area contributed by atoms with E-state index in [1.165, 1.54) is 16.7 Å². The number of thioether (sulfide) groups is 1. The number of hydrogen-bond donors (Lipinski definition) is 1. The Morgan fingerprint density at radius 1 is 1.40 bits per heavy atom. The molecule has 2 aliphatic rings. The first-order valence-corrected chi connectivity index (χ1v) is 7.61. The van der Waals surface area contributed by atoms with Crippen molar-refractivity contribution in [3.63, 3.8) is 0 Å². The normalized spacial score (nSPS) is 29.9. The van der Waals surface area contributed by atoms with Gasteiger partial charge in [-0.2, -0.15) is 11.8 Å². The van der Waals surface area contributed by atoms with E-state index in [4.69, 9.17) is 4.74 Å². The first kappa shape index (κ1) is 13.5. The van der Waals surface area contributed by atoms with Crippen LogP contribution in [0.5, 0.6) is 0 Å². The highest BCUT2D eigenvalue weighted by Gasteiger charge is 2.52. The fourth-order valence-corrected chi connectivity index (χ4v) is 3.66. The summed E-state index contributed by atoms with van der Waals surface area (Å²) in [6.07, 6.45) is 0. The molecule has 0 unspecified atom stereocenters. The van der Waals surface area contributed by atoms with Crippen LogP contribution in [0, 0.1) is 0 Å². The lowest BCUT2D eigenvalue weighted by Crippen LogP contribution is -2.53. The first-order valence-electron chi connectivity index (χ1n) is 6.45. The van der Waals surface area contributed by atoms with Gasteiger partial charge in [0.1, 0.15) is 12.6 Å². The maximum Gasteiger partial charge on any atom is 0.328 e. The van der Waals surface area contributed by atoms with Crippen LogP contribution in [-0.2, 0) is 15.3 Å². The van der Waals surface area contributed by atoms with Crippen LogP contribution in [0.3, 0.4) is 0 Å². The van der Waals surface area contributed by atoms with Crippen molar-refractivity contribution in [3.8, 4) is 0 Å². The molecular weight excluding hydrogens is 278 g/mol. The number of fused-ring (bicyclic) bond motifs is 3. The molecule has 1 N–H and O–H groups in total. The topological polar surface area (TPSA) is 66.8 Å². The van der Waals surface area contributed by atoms with Crippen LogP contribution in [0.25, 0.3) is 0 Å². The van der Waals surface area contributed by atoms with Crippen molar-refractivity contribution in [2.24, 2.45) is 0 Å². The number of ether oxygens (including phenoxy) is 1. The molecule has 1 saturated heterocycles. The molecule has 1 fully saturated rings. The van der Waals surface area contributed by atoms with E-state index in [0.29, 0.717) is 29.2 Å². The Kier molecular flexibility index (Phi) is 3.22. The molecule has 1 aromatic rings. The van der Waals surface area contributed by atoms with Crippen molar-refractivity contribution >= 4 is 23.6 Å². The molecule has 0 radical (unpaired) electrons. The summed E-state index contributed by atoms with van der Waals surface area (Å²) in [5.74, 6) is 0.129. The third kappa shape index (κ3) is 1.83. The Morgan fingerprint density at radius 3 is 2.95 bits per heavy atom. The molecule has 0 spiro atoms. The SMILES string of the molecule is C[C@H]1C(=O)OCCSC[C@]2(O)c3ccccc3C(=O)N12. The van der Waals surface area contributed by atoms with Crippen molar-refractivity contribution in [3.05, 3.63) is 35.4 Å². The highest BCUT2D eigenvalue weighted by molar-refractivity contribution is 7.99. The molecule has 6 heteroatoms. The summed E-state index contributed by atoms with van der Waals surface area (Å²) in [5, 5.41) is 11.0. The number of aliphatic hydroxyl groups is 1.